The highest BCUT2D eigenvalue weighted by atomic mass is 15.3. The molecule has 0 aromatic carbocycles. The molecule has 1 aromatic rings. The maximum absolute atomic E-state index is 5.72. The number of nitrogen functional groups attached to an aromatic ring is 1. The summed E-state index contributed by atoms with van der Waals surface area (Å²) >= 11 is 0. The highest BCUT2D eigenvalue weighted by Crippen LogP contribution is 2.18. The van der Waals surface area contributed by atoms with Crippen molar-refractivity contribution >= 4 is 12.0 Å². The van der Waals surface area contributed by atoms with Crippen LogP contribution in [0, 0.1) is 0 Å². The molecule has 0 saturated heterocycles. The minimum atomic E-state index is 0.578. The zero-order valence-corrected chi connectivity index (χ0v) is 7.57. The topological polar surface area (TPSA) is 68.2 Å². The van der Waals surface area contributed by atoms with Gasteiger partial charge in [0.25, 0.3) is 0 Å². The van der Waals surface area contributed by atoms with Gasteiger partial charge in [0.2, 0.25) is 0 Å². The van der Waals surface area contributed by atoms with Crippen molar-refractivity contribution in [3.63, 3.8) is 0 Å². The van der Waals surface area contributed by atoms with Crippen molar-refractivity contribution in [2.45, 2.75) is 18.9 Å². The highest BCUT2D eigenvalue weighted by Gasteiger charge is 2.19. The van der Waals surface area contributed by atoms with Crippen LogP contribution in [-0.4, -0.2) is 22.0 Å². The molecule has 5 heteroatoms. The smallest absolute Gasteiger partial charge is 0.130 e. The minimum Gasteiger partial charge on any atom is -0.383 e. The van der Waals surface area contributed by atoms with E-state index in [0.717, 1.165) is 5.56 Å². The van der Waals surface area contributed by atoms with E-state index in [-0.39, 0.29) is 0 Å². The van der Waals surface area contributed by atoms with Gasteiger partial charge >= 0.3 is 0 Å². The fourth-order valence-electron chi connectivity index (χ4n) is 0.988. The summed E-state index contributed by atoms with van der Waals surface area (Å²) in [6.07, 6.45) is 5.85. The molecule has 0 bridgehead atoms. The lowest BCUT2D eigenvalue weighted by atomic mass is 10.4. The first kappa shape index (κ1) is 8.10. The predicted octanol–water partition coefficient (Wildman–Crippen LogP) is 0.0882. The predicted molar refractivity (Wildman–Crippen MR) is 51.4 cm³/mol. The molecular weight excluding hydrogens is 166 g/mol. The summed E-state index contributed by atoms with van der Waals surface area (Å²) in [5.74, 6) is 0.640. The van der Waals surface area contributed by atoms with E-state index in [1.165, 1.54) is 12.8 Å². The molecular formula is C8H13N5. The lowest BCUT2D eigenvalue weighted by Gasteiger charge is -1.95. The molecule has 5 nitrogen and oxygen atoms in total. The van der Waals surface area contributed by atoms with Crippen LogP contribution in [0.15, 0.2) is 11.3 Å². The van der Waals surface area contributed by atoms with Crippen LogP contribution in [0.3, 0.4) is 0 Å². The van der Waals surface area contributed by atoms with E-state index in [1.54, 1.807) is 24.1 Å². The Morgan fingerprint density at radius 2 is 2.54 bits per heavy atom. The van der Waals surface area contributed by atoms with Crippen LogP contribution >= 0.6 is 0 Å². The first-order chi connectivity index (χ1) is 6.27. The van der Waals surface area contributed by atoms with Crippen molar-refractivity contribution in [3.8, 4) is 0 Å². The Hall–Kier alpha value is -1.52. The van der Waals surface area contributed by atoms with E-state index in [2.05, 4.69) is 15.6 Å². The van der Waals surface area contributed by atoms with Crippen LogP contribution in [-0.2, 0) is 7.05 Å². The van der Waals surface area contributed by atoms with Gasteiger partial charge in [-0.25, -0.2) is 0 Å². The van der Waals surface area contributed by atoms with Crippen molar-refractivity contribution in [1.29, 1.82) is 0 Å². The molecule has 0 spiro atoms. The summed E-state index contributed by atoms with van der Waals surface area (Å²) in [6, 6.07) is 0.578. The quantitative estimate of drug-likeness (QED) is 0.510. The van der Waals surface area contributed by atoms with Gasteiger partial charge in [0.15, 0.2) is 0 Å². The lowest BCUT2D eigenvalue weighted by Crippen LogP contribution is -2.08. The summed E-state index contributed by atoms with van der Waals surface area (Å²) in [5.41, 5.74) is 9.59. The van der Waals surface area contributed by atoms with Crippen molar-refractivity contribution in [3.05, 3.63) is 11.8 Å². The number of nitrogens with two attached hydrogens (primary N) is 1. The van der Waals surface area contributed by atoms with Crippen LogP contribution in [0.5, 0.6) is 0 Å². The van der Waals surface area contributed by atoms with Crippen molar-refractivity contribution in [2.75, 3.05) is 5.73 Å². The minimum absolute atomic E-state index is 0.578. The average Bonchev–Trinajstić information content (AvgIpc) is 2.88. The summed E-state index contributed by atoms with van der Waals surface area (Å²) < 4.78 is 1.62. The Bertz CT molecular complexity index is 323. The third-order valence-corrected chi connectivity index (χ3v) is 2.05. The fourth-order valence-corrected chi connectivity index (χ4v) is 0.988. The molecule has 3 N–H and O–H groups in total. The molecule has 1 aliphatic carbocycles. The van der Waals surface area contributed by atoms with Gasteiger partial charge in [-0.1, -0.05) is 0 Å². The maximum Gasteiger partial charge on any atom is 0.130 e. The second kappa shape index (κ2) is 3.08. The molecule has 1 fully saturated rings. The number of anilines is 1. The first-order valence-electron chi connectivity index (χ1n) is 4.33. The Morgan fingerprint density at radius 3 is 3.08 bits per heavy atom. The fraction of sp³-hybridized carbons (Fsp3) is 0.500. The third kappa shape index (κ3) is 1.80. The molecule has 0 radical (unpaired) electrons. The SMILES string of the molecule is Cn1ncc(/C=N/NC2CC2)c1N. The van der Waals surface area contributed by atoms with Crippen LogP contribution in [0.1, 0.15) is 18.4 Å². The van der Waals surface area contributed by atoms with E-state index in [9.17, 15) is 0 Å². The Morgan fingerprint density at radius 1 is 1.77 bits per heavy atom. The van der Waals surface area contributed by atoms with Gasteiger partial charge in [0.05, 0.1) is 18.0 Å². The summed E-state index contributed by atoms with van der Waals surface area (Å²) in [6.45, 7) is 0. The Labute approximate surface area is 76.6 Å². The lowest BCUT2D eigenvalue weighted by molar-refractivity contribution is 0.741. The van der Waals surface area contributed by atoms with Gasteiger partial charge in [0, 0.05) is 13.1 Å². The van der Waals surface area contributed by atoms with Gasteiger partial charge in [-0.3, -0.25) is 4.68 Å². The molecule has 1 heterocycles. The number of hydrogen-bond acceptors (Lipinski definition) is 4. The van der Waals surface area contributed by atoms with E-state index in [4.69, 9.17) is 5.73 Å². The summed E-state index contributed by atoms with van der Waals surface area (Å²) in [4.78, 5) is 0. The molecule has 1 aromatic heterocycles. The first-order valence-corrected chi connectivity index (χ1v) is 4.33. The Kier molecular flexibility index (Phi) is 1.92. The monoisotopic (exact) mass is 179 g/mol. The largest absolute Gasteiger partial charge is 0.383 e. The number of aryl methyl sites for hydroxylation is 1. The van der Waals surface area contributed by atoms with Gasteiger partial charge in [-0.05, 0) is 12.8 Å². The second-order valence-electron chi connectivity index (χ2n) is 3.27. The number of nitrogens with zero attached hydrogens (tertiary/aromatic N) is 3. The third-order valence-electron chi connectivity index (χ3n) is 2.05. The van der Waals surface area contributed by atoms with Crippen LogP contribution < -0.4 is 11.2 Å². The van der Waals surface area contributed by atoms with E-state index < -0.39 is 0 Å². The van der Waals surface area contributed by atoms with Crippen LogP contribution in [0.4, 0.5) is 5.82 Å². The molecule has 2 rings (SSSR count). The molecule has 70 valence electrons. The normalized spacial score (nSPS) is 16.7. The molecule has 1 aliphatic rings. The van der Waals surface area contributed by atoms with Gasteiger partial charge in [-0.15, -0.1) is 0 Å². The van der Waals surface area contributed by atoms with E-state index >= 15 is 0 Å². The number of hydrogen-bond donors (Lipinski definition) is 2. The molecule has 13 heavy (non-hydrogen) atoms. The molecule has 0 amide bonds. The zero-order valence-electron chi connectivity index (χ0n) is 7.57. The standard InChI is InChI=1S/C8H13N5/c1-13-8(9)6(5-11-13)4-10-12-7-2-3-7/h4-5,7,12H,2-3,9H2,1H3/b10-4+. The Balaban J connectivity index is 1.99. The highest BCUT2D eigenvalue weighted by molar-refractivity contribution is 5.85. The molecule has 0 aliphatic heterocycles. The van der Waals surface area contributed by atoms with Crippen molar-refractivity contribution in [1.82, 2.24) is 15.2 Å². The second-order valence-corrected chi connectivity index (χ2v) is 3.27. The number of nitrogens with one attached hydrogen (secondary N) is 1. The van der Waals surface area contributed by atoms with E-state index in [0.29, 0.717) is 11.9 Å². The number of aromatic nitrogens is 2. The van der Waals surface area contributed by atoms with Crippen LogP contribution in [0.25, 0.3) is 0 Å². The molecule has 0 atom stereocenters. The van der Waals surface area contributed by atoms with Gasteiger partial charge in [-0.2, -0.15) is 10.2 Å². The van der Waals surface area contributed by atoms with Crippen molar-refractivity contribution < 1.29 is 0 Å². The summed E-state index contributed by atoms with van der Waals surface area (Å²) in [7, 11) is 1.81. The molecule has 1 saturated carbocycles. The average molecular weight is 179 g/mol. The zero-order chi connectivity index (χ0) is 9.26. The number of rotatable bonds is 3. The van der Waals surface area contributed by atoms with Crippen molar-refractivity contribution in [2.24, 2.45) is 12.1 Å². The summed E-state index contributed by atoms with van der Waals surface area (Å²) in [5, 5.41) is 8.07. The maximum atomic E-state index is 5.72. The van der Waals surface area contributed by atoms with Crippen LogP contribution in [0.2, 0.25) is 0 Å². The number of hydrazone groups is 1. The van der Waals surface area contributed by atoms with Gasteiger partial charge in [0.1, 0.15) is 5.82 Å². The van der Waals surface area contributed by atoms with E-state index in [1.807, 2.05) is 0 Å². The molecule has 0 unspecified atom stereocenters. The van der Waals surface area contributed by atoms with Gasteiger partial charge < -0.3 is 11.2 Å².